The largest absolute Gasteiger partial charge is 0.351 e. The lowest BCUT2D eigenvalue weighted by Crippen LogP contribution is -2.03. The molecule has 1 aromatic rings. The van der Waals surface area contributed by atoms with Crippen LogP contribution in [0.3, 0.4) is 0 Å². The summed E-state index contributed by atoms with van der Waals surface area (Å²) in [5.74, 6) is 0.619. The molecule has 0 aliphatic carbocycles. The maximum absolute atomic E-state index is 3.99. The fourth-order valence-electron chi connectivity index (χ4n) is 1.34. The maximum atomic E-state index is 3.99. The molecule has 0 bridgehead atoms. The van der Waals surface area contributed by atoms with E-state index in [1.165, 1.54) is 23.8 Å². The molecule has 0 aromatic carbocycles. The van der Waals surface area contributed by atoms with Gasteiger partial charge in [0.05, 0.1) is 0 Å². The first-order valence-corrected chi connectivity index (χ1v) is 5.83. The molecule has 0 radical (unpaired) electrons. The van der Waals surface area contributed by atoms with Crippen LogP contribution in [0.2, 0.25) is 0 Å². The van der Waals surface area contributed by atoms with Crippen molar-refractivity contribution in [2.45, 2.75) is 33.6 Å². The van der Waals surface area contributed by atoms with Crippen LogP contribution in [0.15, 0.2) is 36.0 Å². The van der Waals surface area contributed by atoms with Gasteiger partial charge in [-0.2, -0.15) is 0 Å². The van der Waals surface area contributed by atoms with Gasteiger partial charge in [0.25, 0.3) is 0 Å². The molecule has 4 heteroatoms. The van der Waals surface area contributed by atoms with E-state index in [0.29, 0.717) is 5.95 Å². The zero-order chi connectivity index (χ0) is 12.5. The Morgan fingerprint density at radius 1 is 1.18 bits per heavy atom. The zero-order valence-corrected chi connectivity index (χ0v) is 10.8. The number of allylic oxidation sites excluding steroid dienone is 3. The van der Waals surface area contributed by atoms with Crippen molar-refractivity contribution in [3.63, 3.8) is 0 Å². The summed E-state index contributed by atoms with van der Waals surface area (Å²) < 4.78 is 0. The molecule has 0 aliphatic heterocycles. The first-order valence-electron chi connectivity index (χ1n) is 5.83. The minimum absolute atomic E-state index is 0.619. The lowest BCUT2D eigenvalue weighted by Gasteiger charge is -2.02. The van der Waals surface area contributed by atoms with Crippen LogP contribution in [-0.4, -0.2) is 21.5 Å². The quantitative estimate of drug-likeness (QED) is 0.766. The third-order valence-corrected chi connectivity index (χ3v) is 2.30. The average Bonchev–Trinajstić information content (AvgIpc) is 2.30. The molecular weight excluding hydrogens is 212 g/mol. The van der Waals surface area contributed by atoms with Gasteiger partial charge in [0, 0.05) is 6.54 Å². The average molecular weight is 232 g/mol. The van der Waals surface area contributed by atoms with Crippen LogP contribution in [0.4, 0.5) is 5.95 Å². The minimum atomic E-state index is 0.619. The summed E-state index contributed by atoms with van der Waals surface area (Å²) in [4.78, 5) is 11.7. The molecule has 0 unspecified atom stereocenters. The summed E-state index contributed by atoms with van der Waals surface area (Å²) >= 11 is 0. The SMILES string of the molecule is CC(C)=CCC/C(C)=C/CNc1ncncn1. The second-order valence-electron chi connectivity index (χ2n) is 4.21. The summed E-state index contributed by atoms with van der Waals surface area (Å²) in [5, 5.41) is 3.12. The lowest BCUT2D eigenvalue weighted by atomic mass is 10.1. The van der Waals surface area contributed by atoms with E-state index in [0.717, 1.165) is 19.4 Å². The summed E-state index contributed by atoms with van der Waals surface area (Å²) in [7, 11) is 0. The third-order valence-electron chi connectivity index (χ3n) is 2.30. The minimum Gasteiger partial charge on any atom is -0.351 e. The molecule has 1 heterocycles. The van der Waals surface area contributed by atoms with Gasteiger partial charge in [-0.1, -0.05) is 23.3 Å². The molecule has 0 amide bonds. The highest BCUT2D eigenvalue weighted by molar-refractivity contribution is 5.22. The molecule has 0 spiro atoms. The number of anilines is 1. The highest BCUT2D eigenvalue weighted by Crippen LogP contribution is 2.06. The fraction of sp³-hybridized carbons (Fsp3) is 0.462. The van der Waals surface area contributed by atoms with E-state index in [9.17, 15) is 0 Å². The van der Waals surface area contributed by atoms with E-state index in [-0.39, 0.29) is 0 Å². The molecule has 0 aliphatic rings. The van der Waals surface area contributed by atoms with Gasteiger partial charge in [-0.05, 0) is 33.6 Å². The Labute approximate surface area is 103 Å². The molecule has 17 heavy (non-hydrogen) atoms. The Hall–Kier alpha value is -1.71. The smallest absolute Gasteiger partial charge is 0.225 e. The van der Waals surface area contributed by atoms with Crippen LogP contribution in [0.25, 0.3) is 0 Å². The van der Waals surface area contributed by atoms with Crippen LogP contribution >= 0.6 is 0 Å². The van der Waals surface area contributed by atoms with Crippen LogP contribution < -0.4 is 5.32 Å². The van der Waals surface area contributed by atoms with Crippen molar-refractivity contribution < 1.29 is 0 Å². The van der Waals surface area contributed by atoms with E-state index >= 15 is 0 Å². The van der Waals surface area contributed by atoms with Gasteiger partial charge in [0.2, 0.25) is 5.95 Å². The Bertz CT molecular complexity index is 378. The van der Waals surface area contributed by atoms with Gasteiger partial charge in [-0.3, -0.25) is 0 Å². The third kappa shape index (κ3) is 6.45. The van der Waals surface area contributed by atoms with Crippen LogP contribution in [0.5, 0.6) is 0 Å². The number of aromatic nitrogens is 3. The van der Waals surface area contributed by atoms with E-state index < -0.39 is 0 Å². The highest BCUT2D eigenvalue weighted by Gasteiger charge is 1.92. The van der Waals surface area contributed by atoms with Crippen LogP contribution in [0.1, 0.15) is 33.6 Å². The van der Waals surface area contributed by atoms with E-state index in [1.807, 2.05) is 0 Å². The Balaban J connectivity index is 2.26. The molecule has 0 fully saturated rings. The summed E-state index contributed by atoms with van der Waals surface area (Å²) in [6, 6.07) is 0. The summed E-state index contributed by atoms with van der Waals surface area (Å²) in [6.45, 7) is 7.15. The Kier molecular flexibility index (Phi) is 5.93. The van der Waals surface area contributed by atoms with E-state index in [2.05, 4.69) is 53.2 Å². The second kappa shape index (κ2) is 7.54. The van der Waals surface area contributed by atoms with Gasteiger partial charge >= 0.3 is 0 Å². The second-order valence-corrected chi connectivity index (χ2v) is 4.21. The molecule has 0 saturated heterocycles. The fourth-order valence-corrected chi connectivity index (χ4v) is 1.34. The molecule has 92 valence electrons. The van der Waals surface area contributed by atoms with Crippen molar-refractivity contribution in [2.75, 3.05) is 11.9 Å². The van der Waals surface area contributed by atoms with Crippen LogP contribution in [-0.2, 0) is 0 Å². The maximum Gasteiger partial charge on any atom is 0.225 e. The number of hydrogen-bond donors (Lipinski definition) is 1. The summed E-state index contributed by atoms with van der Waals surface area (Å²) in [5.41, 5.74) is 2.75. The predicted molar refractivity (Wildman–Crippen MR) is 70.7 cm³/mol. The molecule has 0 atom stereocenters. The van der Waals surface area contributed by atoms with Crippen molar-refractivity contribution in [2.24, 2.45) is 0 Å². The van der Waals surface area contributed by atoms with Crippen LogP contribution in [0, 0.1) is 0 Å². The van der Waals surface area contributed by atoms with Crippen molar-refractivity contribution in [1.82, 2.24) is 15.0 Å². The van der Waals surface area contributed by atoms with Crippen molar-refractivity contribution in [3.8, 4) is 0 Å². The van der Waals surface area contributed by atoms with Crippen molar-refractivity contribution >= 4 is 5.95 Å². The number of rotatable bonds is 6. The standard InChI is InChI=1S/C13H20N4/c1-11(2)5-4-6-12(3)7-8-15-13-16-9-14-10-17-13/h5,7,9-10H,4,6,8H2,1-3H3,(H,14,15,16,17)/b12-7+. The number of nitrogens with one attached hydrogen (secondary N) is 1. The number of hydrogen-bond acceptors (Lipinski definition) is 4. The lowest BCUT2D eigenvalue weighted by molar-refractivity contribution is 0.956. The first-order chi connectivity index (χ1) is 8.18. The molecule has 1 aromatic heterocycles. The van der Waals surface area contributed by atoms with Crippen molar-refractivity contribution in [3.05, 3.63) is 36.0 Å². The topological polar surface area (TPSA) is 50.7 Å². The highest BCUT2D eigenvalue weighted by atomic mass is 15.1. The Morgan fingerprint density at radius 3 is 2.53 bits per heavy atom. The van der Waals surface area contributed by atoms with Gasteiger partial charge in [-0.15, -0.1) is 0 Å². The van der Waals surface area contributed by atoms with Gasteiger partial charge in [0.1, 0.15) is 12.7 Å². The zero-order valence-electron chi connectivity index (χ0n) is 10.8. The molecule has 4 nitrogen and oxygen atoms in total. The Morgan fingerprint density at radius 2 is 1.88 bits per heavy atom. The number of nitrogens with zero attached hydrogens (tertiary/aromatic N) is 3. The molecule has 1 rings (SSSR count). The molecular formula is C13H20N4. The summed E-state index contributed by atoms with van der Waals surface area (Å²) in [6.07, 6.45) is 9.61. The normalized spacial score (nSPS) is 11.1. The monoisotopic (exact) mass is 232 g/mol. The molecule has 1 N–H and O–H groups in total. The molecule has 0 saturated carbocycles. The van der Waals surface area contributed by atoms with Gasteiger partial charge in [-0.25, -0.2) is 15.0 Å². The first kappa shape index (κ1) is 13.4. The van der Waals surface area contributed by atoms with E-state index in [4.69, 9.17) is 0 Å². The van der Waals surface area contributed by atoms with Gasteiger partial charge in [0.15, 0.2) is 0 Å². The predicted octanol–water partition coefficient (Wildman–Crippen LogP) is 2.98. The van der Waals surface area contributed by atoms with Crippen molar-refractivity contribution in [1.29, 1.82) is 0 Å². The van der Waals surface area contributed by atoms with E-state index in [1.54, 1.807) is 0 Å². The van der Waals surface area contributed by atoms with Gasteiger partial charge < -0.3 is 5.32 Å².